The van der Waals surface area contributed by atoms with E-state index in [1.54, 1.807) is 54.8 Å². The highest BCUT2D eigenvalue weighted by Gasteiger charge is 2.16. The van der Waals surface area contributed by atoms with E-state index in [9.17, 15) is 14.4 Å². The number of aryl methyl sites for hydroxylation is 1. The first-order valence-electron chi connectivity index (χ1n) is 19.4. The molecule has 72 heavy (non-hydrogen) atoms. The minimum Gasteiger partial charge on any atom is -0.459 e. The molecule has 4 N–H and O–H groups in total. The molecule has 20 heteroatoms. The third kappa shape index (κ3) is 29.2. The van der Waals surface area contributed by atoms with Gasteiger partial charge in [-0.15, -0.1) is 34.0 Å². The summed E-state index contributed by atoms with van der Waals surface area (Å²) in [5.41, 5.74) is 8.50. The lowest BCUT2D eigenvalue weighted by molar-refractivity contribution is -0.572. The van der Waals surface area contributed by atoms with Gasteiger partial charge in [0.1, 0.15) is 0 Å². The number of rotatable bonds is 16. The average Bonchev–Trinajstić information content (AvgIpc) is 3.76. The van der Waals surface area contributed by atoms with E-state index in [2.05, 4.69) is 212 Å². The van der Waals surface area contributed by atoms with E-state index in [1.807, 2.05) is 25.1 Å². The van der Waals surface area contributed by atoms with Crippen LogP contribution in [0.1, 0.15) is 64.5 Å². The molecule has 0 spiro atoms. The van der Waals surface area contributed by atoms with Crippen molar-refractivity contribution in [3.8, 4) is 155 Å². The number of carbonyl (C=O) groups excluding carboxylic acids is 3. The maximum absolute atomic E-state index is 12.5. The number of nitrogens with zero attached hydrogens (tertiary/aromatic N) is 7. The molecule has 0 saturated heterocycles. The Hall–Kier alpha value is -10.4. The number of allylic oxidation sites excluding steroid dienone is 1. The van der Waals surface area contributed by atoms with Crippen molar-refractivity contribution < 1.29 is 57.2 Å². The van der Waals surface area contributed by atoms with Crippen LogP contribution >= 0.6 is 24.7 Å². The van der Waals surface area contributed by atoms with Crippen molar-refractivity contribution in [1.29, 1.82) is 5.53 Å². The lowest BCUT2D eigenvalue weighted by Gasteiger charge is -2.10. The fourth-order valence-corrected chi connectivity index (χ4v) is 4.90. The maximum atomic E-state index is 12.5. The summed E-state index contributed by atoms with van der Waals surface area (Å²) in [5.74, 6) is 57.9. The number of ether oxygens (including phenoxy) is 1. The summed E-state index contributed by atoms with van der Waals surface area (Å²) in [6, 6.07) is 13.9. The third-order valence-electron chi connectivity index (χ3n) is 6.63. The van der Waals surface area contributed by atoms with Crippen molar-refractivity contribution in [2.45, 2.75) is 45.1 Å². The number of aromatic nitrogens is 3. The molecule has 3 aromatic rings. The number of thiol groups is 1. The van der Waals surface area contributed by atoms with Gasteiger partial charge in [0, 0.05) is 102 Å². The summed E-state index contributed by atoms with van der Waals surface area (Å²) < 4.78 is 10.7. The molecule has 2 aromatic carbocycles. The predicted octanol–water partition coefficient (Wildman–Crippen LogP) is 8.20. The monoisotopic (exact) mass is 1020 g/mol. The van der Waals surface area contributed by atoms with Gasteiger partial charge < -0.3 is 19.9 Å². The largest absolute Gasteiger partial charge is 0.459 e. The minimum absolute atomic E-state index is 0. The Morgan fingerprint density at radius 1 is 0.847 bits per heavy atom. The van der Waals surface area contributed by atoms with Crippen LogP contribution in [0.2, 0.25) is 0 Å². The molecule has 378 valence electrons. The van der Waals surface area contributed by atoms with Crippen LogP contribution in [0.25, 0.3) is 0 Å². The molecule has 2 amide bonds. The van der Waals surface area contributed by atoms with Crippen molar-refractivity contribution in [3.63, 3.8) is 0 Å². The molecule has 18 nitrogen and oxygen atoms in total. The number of anilines is 1. The van der Waals surface area contributed by atoms with Gasteiger partial charge in [-0.25, -0.2) is 10.1 Å². The average molecular weight is 1020 g/mol. The van der Waals surface area contributed by atoms with Crippen LogP contribution < -0.4 is 10.6 Å². The molecule has 1 heterocycles. The van der Waals surface area contributed by atoms with Crippen LogP contribution in [0.5, 0.6) is 0 Å². The second-order valence-electron chi connectivity index (χ2n) is 12.0. The van der Waals surface area contributed by atoms with Gasteiger partial charge in [0.2, 0.25) is 5.91 Å². The number of nitrogens with one attached hydrogen (secondary N) is 3. The summed E-state index contributed by atoms with van der Waals surface area (Å²) >= 11 is 4.31. The Morgan fingerprint density at radius 3 is 1.82 bits per heavy atom. The van der Waals surface area contributed by atoms with Crippen LogP contribution in [-0.2, 0) is 36.9 Å². The summed E-state index contributed by atoms with van der Waals surface area (Å²) in [5, 5.41) is 30.2. The van der Waals surface area contributed by atoms with Crippen molar-refractivity contribution in [2.24, 2.45) is 15.7 Å². The van der Waals surface area contributed by atoms with Crippen molar-refractivity contribution >= 4 is 48.1 Å². The second kappa shape index (κ2) is 39.7. The highest BCUT2D eigenvalue weighted by molar-refractivity contribution is 7.99. The van der Waals surface area contributed by atoms with Gasteiger partial charge in [-0.1, -0.05) is 46.6 Å². The SMILES string of the molecule is C#CC#CC#CC#CC#CC#CC#CC#CC#CC#CC#CC#CC#C.C=CCn1c(CNC(=O)c2cccc(C)c2)nnc1SCC(=O)Nc1cccc(C(=O)OC(C)C)c1.N=N/N=N/N(OO)OOS.[HH].[HH].[HH].[HH].[HH].[HH].[HH].[HH].[HH].[HH].[HH].[HH].[HH]. The van der Waals surface area contributed by atoms with Crippen LogP contribution in [0.15, 0.2) is 82.0 Å². The molecule has 0 fully saturated rings. The number of esters is 1. The predicted molar refractivity (Wildman–Crippen MR) is 296 cm³/mol. The van der Waals surface area contributed by atoms with Gasteiger partial charge in [-0.05, 0) is 161 Å². The van der Waals surface area contributed by atoms with E-state index < -0.39 is 5.97 Å². The number of amides is 2. The lowest BCUT2D eigenvalue weighted by atomic mass is 10.1. The Bertz CT molecular complexity index is 3240. The Balaban J connectivity index is -0.0000000864. The van der Waals surface area contributed by atoms with E-state index in [0.717, 1.165) is 5.56 Å². The van der Waals surface area contributed by atoms with E-state index in [1.165, 1.54) is 11.8 Å². The number of thioether (sulfide) groups is 1. The fraction of sp³-hybridized carbons (Fsp3) is 0.135. The lowest BCUT2D eigenvalue weighted by Crippen LogP contribution is -2.25. The quantitative estimate of drug-likeness (QED) is 0.0105. The third-order valence-corrected chi connectivity index (χ3v) is 7.66. The molecular weight excluding hydrogens is 957 g/mol. The number of benzene rings is 2. The topological polar surface area (TPSA) is 227 Å². The molecule has 0 atom stereocenters. The first-order chi connectivity index (χ1) is 35.0. The maximum Gasteiger partial charge on any atom is 0.338 e. The second-order valence-corrected chi connectivity index (χ2v) is 13.1. The van der Waals surface area contributed by atoms with E-state index in [4.69, 9.17) is 28.4 Å². The van der Waals surface area contributed by atoms with E-state index in [0.29, 0.717) is 34.3 Å². The molecular formula is C52H60N10O8S2. The molecule has 0 aliphatic rings. The molecule has 3 rings (SSSR count). The van der Waals surface area contributed by atoms with Crippen LogP contribution in [0.3, 0.4) is 0 Å². The Labute approximate surface area is 445 Å². The molecule has 0 aliphatic carbocycles. The van der Waals surface area contributed by atoms with Crippen molar-refractivity contribution in [2.75, 3.05) is 11.1 Å². The first kappa shape index (κ1) is 59.6. The molecule has 0 unspecified atom stereocenters. The van der Waals surface area contributed by atoms with Gasteiger partial charge in [0.15, 0.2) is 11.0 Å². The number of hydrogen-bond acceptors (Lipinski definition) is 14. The Morgan fingerprint density at radius 2 is 1.36 bits per heavy atom. The fourth-order valence-electron chi connectivity index (χ4n) is 4.07. The molecule has 0 radical (unpaired) electrons. The van der Waals surface area contributed by atoms with Crippen LogP contribution in [-0.4, -0.2) is 55.0 Å². The molecule has 0 saturated carbocycles. The van der Waals surface area contributed by atoms with Gasteiger partial charge in [0.05, 0.1) is 29.3 Å². The van der Waals surface area contributed by atoms with Crippen LogP contribution in [0.4, 0.5) is 5.69 Å². The van der Waals surface area contributed by atoms with Gasteiger partial charge in [-0.2, -0.15) is 5.53 Å². The zero-order chi connectivity index (χ0) is 52.9. The molecule has 1 aromatic heterocycles. The first-order valence-corrected chi connectivity index (χ1v) is 20.8. The summed E-state index contributed by atoms with van der Waals surface area (Å²) in [4.78, 5) is 44.3. The van der Waals surface area contributed by atoms with E-state index >= 15 is 0 Å². The summed E-state index contributed by atoms with van der Waals surface area (Å²) in [6.07, 6.45) is 11.3. The van der Waals surface area contributed by atoms with Crippen molar-refractivity contribution in [1.82, 2.24) is 25.4 Å². The van der Waals surface area contributed by atoms with Crippen molar-refractivity contribution in [3.05, 3.63) is 83.7 Å². The number of terminal acetylenes is 2. The normalized spacial score (nSPS) is 8.11. The zero-order valence-corrected chi connectivity index (χ0v) is 39.8. The Kier molecular flexibility index (Phi) is 32.8. The summed E-state index contributed by atoms with van der Waals surface area (Å²) in [7, 11) is 0. The van der Waals surface area contributed by atoms with Gasteiger partial charge >= 0.3 is 5.97 Å². The molecule has 0 bridgehead atoms. The van der Waals surface area contributed by atoms with Crippen LogP contribution in [0, 0.1) is 167 Å². The minimum atomic E-state index is -0.449. The zero-order valence-electron chi connectivity index (χ0n) is 38.0. The van der Waals surface area contributed by atoms with Gasteiger partial charge in [-0.3, -0.25) is 9.59 Å². The summed E-state index contributed by atoms with van der Waals surface area (Å²) in [6.45, 7) is 9.85. The highest BCUT2D eigenvalue weighted by atomic mass is 32.2. The number of hydrogen-bond donors (Lipinski definition) is 5. The number of carbonyl (C=O) groups is 3. The highest BCUT2D eigenvalue weighted by Crippen LogP contribution is 2.19. The van der Waals surface area contributed by atoms with E-state index in [-0.39, 0.29) is 54.1 Å². The smallest absolute Gasteiger partial charge is 0.338 e. The molecule has 0 aliphatic heterocycles. The van der Waals surface area contributed by atoms with Gasteiger partial charge in [0.25, 0.3) is 5.91 Å². The standard InChI is InChI=1S/C26H29N5O4S.C26H2.H3N5O4S.13H2/c1-5-12-31-22(15-27-24(33)19-9-6-8-18(4)13-19)29-30-26(31)36-16-23(32)28-21-11-7-10-20(14-21)25(34)35-17(2)3;1-3-5-7-9-11-13-15-17-19-21-23-25-26-24-22-20-18-16-14-12-10-8-6-4-2;1-2-3-4-5(7-6)8-9-10;;;;;;;;;;;;;/h5-11,13-14,17H,1,12,15-16H2,2-4H3,(H,27,33)(H,28,32);1-2H;1,6,10H;13*1H/b;;2-1?,4-3+;;;;;;;;;;;;;.